The molecule has 0 aliphatic carbocycles. The lowest BCUT2D eigenvalue weighted by Crippen LogP contribution is -2.53. The number of alkyl carbamates (subject to hydrolysis) is 1. The van der Waals surface area contributed by atoms with Gasteiger partial charge >= 0.3 is 6.09 Å². The average molecular weight is 420 g/mol. The van der Waals surface area contributed by atoms with Crippen molar-refractivity contribution in [1.29, 1.82) is 0 Å². The summed E-state index contributed by atoms with van der Waals surface area (Å²) in [6.07, 6.45) is -0.675. The normalized spacial score (nSPS) is 12.9. The predicted molar refractivity (Wildman–Crippen MR) is 118 cm³/mol. The molecule has 168 valence electrons. The number of aryl methyl sites for hydroxylation is 1. The van der Waals surface area contributed by atoms with E-state index in [-0.39, 0.29) is 24.4 Å². The predicted octanol–water partition coefficient (Wildman–Crippen LogP) is 3.71. The van der Waals surface area contributed by atoms with Gasteiger partial charge in [0.1, 0.15) is 18.2 Å². The maximum Gasteiger partial charge on any atom is 0.408 e. The second kappa shape index (κ2) is 9.96. The summed E-state index contributed by atoms with van der Waals surface area (Å²) >= 11 is 0. The number of carbonyl (C=O) groups is 3. The van der Waals surface area contributed by atoms with Crippen molar-refractivity contribution in [3.63, 3.8) is 0 Å². The van der Waals surface area contributed by atoms with E-state index in [2.05, 4.69) is 10.6 Å². The van der Waals surface area contributed by atoms with E-state index in [1.807, 2.05) is 65.8 Å². The SMILES string of the molecule is Cc1cccc(C(C(=O)NC(C)(C)C)N(C(=O)CNC(=O)OC(C)(C)C)C(C)C)c1. The van der Waals surface area contributed by atoms with Gasteiger partial charge in [0.25, 0.3) is 0 Å². The molecule has 3 amide bonds. The molecule has 0 radical (unpaired) electrons. The Labute approximate surface area is 180 Å². The Morgan fingerprint density at radius 2 is 1.67 bits per heavy atom. The number of hydrogen-bond acceptors (Lipinski definition) is 4. The summed E-state index contributed by atoms with van der Waals surface area (Å²) in [7, 11) is 0. The number of nitrogens with zero attached hydrogens (tertiary/aromatic N) is 1. The van der Waals surface area contributed by atoms with Crippen molar-refractivity contribution in [2.75, 3.05) is 6.54 Å². The zero-order chi connectivity index (χ0) is 23.3. The highest BCUT2D eigenvalue weighted by Gasteiger charge is 2.35. The summed E-state index contributed by atoms with van der Waals surface area (Å²) in [5.41, 5.74) is 0.585. The van der Waals surface area contributed by atoms with Gasteiger partial charge in [-0.2, -0.15) is 0 Å². The van der Waals surface area contributed by atoms with E-state index in [1.54, 1.807) is 20.8 Å². The average Bonchev–Trinajstić information content (AvgIpc) is 2.53. The first-order chi connectivity index (χ1) is 13.6. The second-order valence-corrected chi connectivity index (χ2v) is 9.81. The number of carbonyl (C=O) groups excluding carboxylic acids is 3. The molecule has 1 unspecified atom stereocenters. The first kappa shape index (κ1) is 25.5. The van der Waals surface area contributed by atoms with Crippen LogP contribution in [0.1, 0.15) is 72.6 Å². The fraction of sp³-hybridized carbons (Fsp3) is 0.609. The highest BCUT2D eigenvalue weighted by molar-refractivity contribution is 5.91. The Hall–Kier alpha value is -2.57. The van der Waals surface area contributed by atoms with Crippen LogP contribution in [0.5, 0.6) is 0 Å². The molecule has 30 heavy (non-hydrogen) atoms. The van der Waals surface area contributed by atoms with Crippen LogP contribution in [0.15, 0.2) is 24.3 Å². The van der Waals surface area contributed by atoms with Gasteiger partial charge in [-0.05, 0) is 67.9 Å². The number of ether oxygens (including phenoxy) is 1. The molecular weight excluding hydrogens is 382 g/mol. The summed E-state index contributed by atoms with van der Waals surface area (Å²) < 4.78 is 5.20. The van der Waals surface area contributed by atoms with Gasteiger partial charge < -0.3 is 20.3 Å². The lowest BCUT2D eigenvalue weighted by atomic mass is 9.99. The molecular formula is C23H37N3O4. The smallest absolute Gasteiger partial charge is 0.408 e. The first-order valence-corrected chi connectivity index (χ1v) is 10.3. The van der Waals surface area contributed by atoms with E-state index in [4.69, 9.17) is 4.74 Å². The molecule has 0 aromatic heterocycles. The maximum absolute atomic E-state index is 13.2. The highest BCUT2D eigenvalue weighted by atomic mass is 16.6. The van der Waals surface area contributed by atoms with Crippen molar-refractivity contribution >= 4 is 17.9 Å². The molecule has 1 rings (SSSR count). The van der Waals surface area contributed by atoms with E-state index in [0.717, 1.165) is 11.1 Å². The van der Waals surface area contributed by atoms with Crippen LogP contribution >= 0.6 is 0 Å². The van der Waals surface area contributed by atoms with Crippen LogP contribution in [0.3, 0.4) is 0 Å². The van der Waals surface area contributed by atoms with Crippen LogP contribution in [0.25, 0.3) is 0 Å². The lowest BCUT2D eigenvalue weighted by Gasteiger charge is -2.36. The van der Waals surface area contributed by atoms with Gasteiger partial charge in [-0.1, -0.05) is 29.8 Å². The van der Waals surface area contributed by atoms with Gasteiger partial charge in [0.15, 0.2) is 0 Å². The topological polar surface area (TPSA) is 87.7 Å². The Morgan fingerprint density at radius 3 is 2.13 bits per heavy atom. The molecule has 0 spiro atoms. The van der Waals surface area contributed by atoms with Crippen molar-refractivity contribution < 1.29 is 19.1 Å². The summed E-state index contributed by atoms with van der Waals surface area (Å²) in [6.45, 7) is 16.3. The van der Waals surface area contributed by atoms with E-state index in [9.17, 15) is 14.4 Å². The van der Waals surface area contributed by atoms with Crippen LogP contribution in [-0.4, -0.2) is 46.5 Å². The summed E-state index contributed by atoms with van der Waals surface area (Å²) in [4.78, 5) is 39.8. The van der Waals surface area contributed by atoms with Crippen LogP contribution in [0.4, 0.5) is 4.79 Å². The van der Waals surface area contributed by atoms with Gasteiger partial charge in [0.05, 0.1) is 0 Å². The van der Waals surface area contributed by atoms with Crippen molar-refractivity contribution in [2.45, 2.75) is 85.5 Å². The second-order valence-electron chi connectivity index (χ2n) is 9.81. The molecule has 1 aromatic rings. The van der Waals surface area contributed by atoms with Gasteiger partial charge in [-0.3, -0.25) is 9.59 Å². The zero-order valence-electron chi connectivity index (χ0n) is 19.8. The molecule has 0 aliphatic rings. The molecule has 0 bridgehead atoms. The fourth-order valence-electron chi connectivity index (χ4n) is 3.00. The summed E-state index contributed by atoms with van der Waals surface area (Å²) in [5.74, 6) is -0.640. The first-order valence-electron chi connectivity index (χ1n) is 10.3. The van der Waals surface area contributed by atoms with Crippen LogP contribution in [-0.2, 0) is 14.3 Å². The Balaban J connectivity index is 3.19. The van der Waals surface area contributed by atoms with E-state index in [0.29, 0.717) is 0 Å². The standard InChI is InChI=1S/C23H37N3O4/c1-15(2)26(18(27)14-24-21(29)30-23(7,8)9)19(20(28)25-22(4,5)6)17-12-10-11-16(3)13-17/h10-13,15,19H,14H2,1-9H3,(H,24,29)(H,25,28). The summed E-state index contributed by atoms with van der Waals surface area (Å²) in [5, 5.41) is 5.47. The maximum atomic E-state index is 13.2. The van der Waals surface area contributed by atoms with E-state index >= 15 is 0 Å². The number of benzene rings is 1. The number of hydrogen-bond donors (Lipinski definition) is 2. The van der Waals surface area contributed by atoms with E-state index in [1.165, 1.54) is 4.90 Å². The number of amides is 3. The Bertz CT molecular complexity index is 760. The lowest BCUT2D eigenvalue weighted by molar-refractivity contribution is -0.142. The third kappa shape index (κ3) is 8.43. The van der Waals surface area contributed by atoms with Crippen LogP contribution in [0, 0.1) is 6.92 Å². The largest absolute Gasteiger partial charge is 0.444 e. The van der Waals surface area contributed by atoms with Crippen molar-refractivity contribution in [3.8, 4) is 0 Å². The Kier molecular flexibility index (Phi) is 8.45. The fourth-order valence-corrected chi connectivity index (χ4v) is 3.00. The molecule has 1 atom stereocenters. The zero-order valence-corrected chi connectivity index (χ0v) is 19.8. The van der Waals surface area contributed by atoms with Crippen molar-refractivity contribution in [1.82, 2.24) is 15.5 Å². The minimum absolute atomic E-state index is 0.266. The van der Waals surface area contributed by atoms with Gasteiger partial charge in [-0.15, -0.1) is 0 Å². The molecule has 1 aromatic carbocycles. The number of nitrogens with one attached hydrogen (secondary N) is 2. The quantitative estimate of drug-likeness (QED) is 0.736. The van der Waals surface area contributed by atoms with Gasteiger partial charge in [-0.25, -0.2) is 4.79 Å². The highest BCUT2D eigenvalue weighted by Crippen LogP contribution is 2.25. The third-order valence-corrected chi connectivity index (χ3v) is 4.01. The molecule has 0 saturated carbocycles. The molecule has 0 aliphatic heterocycles. The van der Waals surface area contributed by atoms with Crippen LogP contribution in [0.2, 0.25) is 0 Å². The Morgan fingerprint density at radius 1 is 1.07 bits per heavy atom. The molecule has 7 heteroatoms. The van der Waals surface area contributed by atoms with Crippen molar-refractivity contribution in [2.24, 2.45) is 0 Å². The monoisotopic (exact) mass is 419 g/mol. The third-order valence-electron chi connectivity index (χ3n) is 4.01. The molecule has 2 N–H and O–H groups in total. The molecule has 0 fully saturated rings. The van der Waals surface area contributed by atoms with Crippen LogP contribution < -0.4 is 10.6 Å². The molecule has 0 heterocycles. The number of rotatable bonds is 6. The minimum Gasteiger partial charge on any atom is -0.444 e. The van der Waals surface area contributed by atoms with Crippen molar-refractivity contribution in [3.05, 3.63) is 35.4 Å². The minimum atomic E-state index is -0.822. The molecule has 0 saturated heterocycles. The van der Waals surface area contributed by atoms with E-state index < -0.39 is 23.3 Å². The van der Waals surface area contributed by atoms with Gasteiger partial charge in [0.2, 0.25) is 11.8 Å². The van der Waals surface area contributed by atoms with Gasteiger partial charge in [0, 0.05) is 11.6 Å². The summed E-state index contributed by atoms with van der Waals surface area (Å²) in [6, 6.07) is 6.45. The molecule has 7 nitrogen and oxygen atoms in total.